The van der Waals surface area contributed by atoms with Gasteiger partial charge in [0.1, 0.15) is 23.0 Å². The molecule has 1 amide bonds. The Balaban J connectivity index is 1.67. The fraction of sp³-hybridized carbons (Fsp3) is 0.179. The second-order valence-electron chi connectivity index (χ2n) is 8.23. The van der Waals surface area contributed by atoms with Gasteiger partial charge in [0.05, 0.1) is 42.7 Å². The van der Waals surface area contributed by atoms with E-state index in [0.717, 1.165) is 4.70 Å². The van der Waals surface area contributed by atoms with E-state index < -0.39 is 17.7 Å². The lowest BCUT2D eigenvalue weighted by Gasteiger charge is -2.23. The van der Waals surface area contributed by atoms with E-state index in [-0.39, 0.29) is 11.3 Å². The highest BCUT2D eigenvalue weighted by Crippen LogP contribution is 2.45. The van der Waals surface area contributed by atoms with Crippen molar-refractivity contribution in [1.29, 1.82) is 0 Å². The van der Waals surface area contributed by atoms with Gasteiger partial charge in [-0.3, -0.25) is 14.5 Å². The Morgan fingerprint density at radius 1 is 0.946 bits per heavy atom. The molecule has 9 heteroatoms. The number of aromatic nitrogens is 1. The van der Waals surface area contributed by atoms with Gasteiger partial charge in [-0.25, -0.2) is 4.98 Å². The number of ketones is 1. The minimum Gasteiger partial charge on any atom is -0.507 e. The van der Waals surface area contributed by atoms with Gasteiger partial charge < -0.3 is 19.3 Å². The number of aliphatic hydroxyl groups is 1. The summed E-state index contributed by atoms with van der Waals surface area (Å²) in [5, 5.41) is 11.6. The topological polar surface area (TPSA) is 98.2 Å². The SMILES string of the molecule is CCOc1ccc2nc(N3C(=O)C(=O)C(=C(O)c4ccc(OC)cc4)[C@H]3c3ccc(OC)cc3)sc2c1. The van der Waals surface area contributed by atoms with Crippen LogP contribution in [-0.2, 0) is 9.59 Å². The van der Waals surface area contributed by atoms with Crippen molar-refractivity contribution in [2.45, 2.75) is 13.0 Å². The highest BCUT2D eigenvalue weighted by Gasteiger charge is 2.48. The van der Waals surface area contributed by atoms with E-state index in [1.807, 2.05) is 25.1 Å². The number of ether oxygens (including phenoxy) is 3. The van der Waals surface area contributed by atoms with E-state index >= 15 is 0 Å². The van der Waals surface area contributed by atoms with Gasteiger partial charge in [-0.15, -0.1) is 0 Å². The Kier molecular flexibility index (Phi) is 6.54. The zero-order valence-corrected chi connectivity index (χ0v) is 21.2. The number of benzene rings is 3. The van der Waals surface area contributed by atoms with Gasteiger partial charge in [-0.05, 0) is 67.1 Å². The summed E-state index contributed by atoms with van der Waals surface area (Å²) < 4.78 is 16.9. The Morgan fingerprint density at radius 2 is 1.57 bits per heavy atom. The van der Waals surface area contributed by atoms with Crippen LogP contribution in [0.25, 0.3) is 16.0 Å². The van der Waals surface area contributed by atoms with Crippen LogP contribution < -0.4 is 19.1 Å². The molecule has 1 fully saturated rings. The number of anilines is 1. The molecule has 0 radical (unpaired) electrons. The van der Waals surface area contributed by atoms with Gasteiger partial charge in [0.15, 0.2) is 5.13 Å². The van der Waals surface area contributed by atoms with Crippen LogP contribution in [-0.4, -0.2) is 42.6 Å². The average molecular weight is 517 g/mol. The summed E-state index contributed by atoms with van der Waals surface area (Å²) in [4.78, 5) is 32.8. The number of nitrogens with zero attached hydrogens (tertiary/aromatic N) is 2. The summed E-state index contributed by atoms with van der Waals surface area (Å²) in [5.41, 5.74) is 1.68. The highest BCUT2D eigenvalue weighted by atomic mass is 32.1. The highest BCUT2D eigenvalue weighted by molar-refractivity contribution is 7.22. The van der Waals surface area contributed by atoms with Crippen LogP contribution in [0.4, 0.5) is 5.13 Å². The molecular weight excluding hydrogens is 492 g/mol. The number of carbonyl (C=O) groups is 2. The second-order valence-corrected chi connectivity index (χ2v) is 9.24. The first kappa shape index (κ1) is 24.3. The number of hydrogen-bond acceptors (Lipinski definition) is 8. The molecule has 0 aliphatic carbocycles. The summed E-state index contributed by atoms with van der Waals surface area (Å²) in [6, 6.07) is 18.3. The number of Topliss-reactive ketones (excluding diaryl/α,β-unsaturated/α-hetero) is 1. The molecule has 0 unspecified atom stereocenters. The molecule has 2 heterocycles. The van der Waals surface area contributed by atoms with Crippen molar-refractivity contribution in [2.75, 3.05) is 25.7 Å². The maximum atomic E-state index is 13.4. The molecule has 1 aliphatic rings. The first-order valence-corrected chi connectivity index (χ1v) is 12.4. The number of rotatable bonds is 7. The minimum atomic E-state index is -0.889. The second kappa shape index (κ2) is 9.94. The molecule has 0 spiro atoms. The van der Waals surface area contributed by atoms with E-state index in [0.29, 0.717) is 45.6 Å². The Hall–Kier alpha value is -4.37. The fourth-order valence-electron chi connectivity index (χ4n) is 4.29. The van der Waals surface area contributed by atoms with E-state index in [1.165, 1.54) is 16.2 Å². The fourth-order valence-corrected chi connectivity index (χ4v) is 5.31. The van der Waals surface area contributed by atoms with Crippen LogP contribution in [0, 0.1) is 0 Å². The molecule has 4 aromatic rings. The smallest absolute Gasteiger partial charge is 0.301 e. The molecule has 1 N–H and O–H groups in total. The number of aliphatic hydroxyl groups excluding tert-OH is 1. The zero-order valence-electron chi connectivity index (χ0n) is 20.4. The molecule has 188 valence electrons. The molecule has 1 aliphatic heterocycles. The predicted octanol–water partition coefficient (Wildman–Crippen LogP) is 5.34. The van der Waals surface area contributed by atoms with Crippen LogP contribution >= 0.6 is 11.3 Å². The van der Waals surface area contributed by atoms with Crippen LogP contribution in [0.15, 0.2) is 72.3 Å². The van der Waals surface area contributed by atoms with Crippen LogP contribution in [0.5, 0.6) is 17.2 Å². The number of methoxy groups -OCH3 is 2. The van der Waals surface area contributed by atoms with Crippen molar-refractivity contribution in [3.8, 4) is 17.2 Å². The van der Waals surface area contributed by atoms with E-state index in [2.05, 4.69) is 4.98 Å². The molecule has 0 saturated carbocycles. The maximum Gasteiger partial charge on any atom is 0.301 e. The third-order valence-electron chi connectivity index (χ3n) is 6.11. The molecule has 0 bridgehead atoms. The van der Waals surface area contributed by atoms with Crippen LogP contribution in [0.1, 0.15) is 24.1 Å². The number of carbonyl (C=O) groups excluding carboxylic acids is 2. The minimum absolute atomic E-state index is 0.0189. The Labute approximate surface area is 217 Å². The summed E-state index contributed by atoms with van der Waals surface area (Å²) in [7, 11) is 3.10. The first-order valence-electron chi connectivity index (χ1n) is 11.6. The number of hydrogen-bond donors (Lipinski definition) is 1. The van der Waals surface area contributed by atoms with E-state index in [4.69, 9.17) is 14.2 Å². The normalized spacial score (nSPS) is 16.8. The van der Waals surface area contributed by atoms with E-state index in [9.17, 15) is 14.7 Å². The van der Waals surface area contributed by atoms with Crippen molar-refractivity contribution in [3.05, 3.63) is 83.4 Å². The lowest BCUT2D eigenvalue weighted by molar-refractivity contribution is -0.132. The van der Waals surface area contributed by atoms with Gasteiger partial charge in [0.25, 0.3) is 5.78 Å². The van der Waals surface area contributed by atoms with E-state index in [1.54, 1.807) is 62.8 Å². The zero-order chi connectivity index (χ0) is 26.1. The lowest BCUT2D eigenvalue weighted by atomic mass is 9.95. The third kappa shape index (κ3) is 4.38. The summed E-state index contributed by atoms with van der Waals surface area (Å²) >= 11 is 1.28. The van der Waals surface area contributed by atoms with Crippen molar-refractivity contribution >= 4 is 44.1 Å². The molecule has 1 atom stereocenters. The number of amides is 1. The molecule has 37 heavy (non-hydrogen) atoms. The molecule has 3 aromatic carbocycles. The summed E-state index contributed by atoms with van der Waals surface area (Å²) in [6.07, 6.45) is 0. The van der Waals surface area contributed by atoms with Crippen molar-refractivity contribution in [2.24, 2.45) is 0 Å². The Morgan fingerprint density at radius 3 is 2.19 bits per heavy atom. The molecule has 5 rings (SSSR count). The number of fused-ring (bicyclic) bond motifs is 1. The van der Waals surface area contributed by atoms with Crippen molar-refractivity contribution in [3.63, 3.8) is 0 Å². The first-order chi connectivity index (χ1) is 17.9. The predicted molar refractivity (Wildman–Crippen MR) is 142 cm³/mol. The maximum absolute atomic E-state index is 13.4. The van der Waals surface area contributed by atoms with Crippen LogP contribution in [0.3, 0.4) is 0 Å². The van der Waals surface area contributed by atoms with Crippen molar-refractivity contribution < 1.29 is 28.9 Å². The van der Waals surface area contributed by atoms with Gasteiger partial charge in [-0.2, -0.15) is 0 Å². The lowest BCUT2D eigenvalue weighted by Crippen LogP contribution is -2.29. The molecular formula is C28H24N2O6S. The molecule has 8 nitrogen and oxygen atoms in total. The Bertz CT molecular complexity index is 1510. The van der Waals surface area contributed by atoms with Gasteiger partial charge >= 0.3 is 5.91 Å². The van der Waals surface area contributed by atoms with Gasteiger partial charge in [-0.1, -0.05) is 23.5 Å². The van der Waals surface area contributed by atoms with Crippen molar-refractivity contribution in [1.82, 2.24) is 4.98 Å². The largest absolute Gasteiger partial charge is 0.507 e. The van der Waals surface area contributed by atoms with Crippen LogP contribution in [0.2, 0.25) is 0 Å². The third-order valence-corrected chi connectivity index (χ3v) is 7.12. The average Bonchev–Trinajstić information content (AvgIpc) is 3.46. The molecule has 1 aromatic heterocycles. The summed E-state index contributed by atoms with van der Waals surface area (Å²) in [5.74, 6) is 0.0924. The van der Waals surface area contributed by atoms with Gasteiger partial charge in [0.2, 0.25) is 0 Å². The summed E-state index contributed by atoms with van der Waals surface area (Å²) in [6.45, 7) is 2.42. The monoisotopic (exact) mass is 516 g/mol. The number of thiazole rings is 1. The standard InChI is InChI=1S/C28H24N2O6S/c1-4-36-20-13-14-21-22(15-20)37-28(29-21)30-24(16-5-9-18(34-2)10-6-16)23(26(32)27(30)33)25(31)17-7-11-19(35-3)12-8-17/h5-15,24,31H,4H2,1-3H3/t24-/m1/s1. The van der Waals surface area contributed by atoms with Gasteiger partial charge in [0, 0.05) is 5.56 Å². The quantitative estimate of drug-likeness (QED) is 0.201. The molecule has 1 saturated heterocycles.